The molecule has 32 heavy (non-hydrogen) atoms. The van der Waals surface area contributed by atoms with Gasteiger partial charge in [0.05, 0.1) is 35.6 Å². The predicted octanol–water partition coefficient (Wildman–Crippen LogP) is 3.57. The molecule has 0 spiro atoms. The molecule has 4 rings (SSSR count). The van der Waals surface area contributed by atoms with Gasteiger partial charge in [0.25, 0.3) is 5.56 Å². The molecule has 3 aromatic rings. The van der Waals surface area contributed by atoms with Gasteiger partial charge in [-0.15, -0.1) is 0 Å². The van der Waals surface area contributed by atoms with Crippen LogP contribution < -0.4 is 19.6 Å². The Kier molecular flexibility index (Phi) is 6.43. The zero-order valence-corrected chi connectivity index (χ0v) is 20.2. The third-order valence-corrected chi connectivity index (χ3v) is 6.61. The molecule has 8 heteroatoms. The number of nitrogens with zero attached hydrogens (tertiary/aromatic N) is 2. The standard InChI is InChI=1S/C24H21BrN2O4S/c1-4-31-23(29)20-14(2)26-24-27(21(20)16-6-5-7-18(13-16)30-3)22(28)19(32-24)12-15-8-10-17(25)11-9-15/h5-13,21H,4H2,1-3H3/b19-12+/t21-/m0/s1. The van der Waals surface area contributed by atoms with Crippen molar-refractivity contribution in [3.63, 3.8) is 0 Å². The zero-order valence-electron chi connectivity index (χ0n) is 17.8. The van der Waals surface area contributed by atoms with Crippen LogP contribution in [0.3, 0.4) is 0 Å². The van der Waals surface area contributed by atoms with Crippen LogP contribution in [0.25, 0.3) is 6.08 Å². The summed E-state index contributed by atoms with van der Waals surface area (Å²) in [6, 6.07) is 14.4. The van der Waals surface area contributed by atoms with Crippen LogP contribution >= 0.6 is 27.3 Å². The van der Waals surface area contributed by atoms with Gasteiger partial charge in [-0.3, -0.25) is 9.36 Å². The van der Waals surface area contributed by atoms with Crippen molar-refractivity contribution in [3.05, 3.63) is 95.1 Å². The number of methoxy groups -OCH3 is 1. The normalized spacial score (nSPS) is 15.9. The molecule has 0 amide bonds. The van der Waals surface area contributed by atoms with E-state index in [1.165, 1.54) is 11.3 Å². The first-order chi connectivity index (χ1) is 15.4. The molecule has 0 bridgehead atoms. The second-order valence-electron chi connectivity index (χ2n) is 7.13. The van der Waals surface area contributed by atoms with Crippen molar-refractivity contribution in [1.82, 2.24) is 4.57 Å². The summed E-state index contributed by atoms with van der Waals surface area (Å²) >= 11 is 4.72. The Morgan fingerprint density at radius 2 is 2.00 bits per heavy atom. The van der Waals surface area contributed by atoms with Crippen molar-refractivity contribution in [1.29, 1.82) is 0 Å². The van der Waals surface area contributed by atoms with Crippen molar-refractivity contribution >= 4 is 39.3 Å². The minimum absolute atomic E-state index is 0.209. The van der Waals surface area contributed by atoms with Gasteiger partial charge in [0.1, 0.15) is 5.75 Å². The number of carbonyl (C=O) groups excluding carboxylic acids is 1. The molecule has 1 aliphatic rings. The summed E-state index contributed by atoms with van der Waals surface area (Å²) in [6.45, 7) is 3.75. The van der Waals surface area contributed by atoms with Gasteiger partial charge in [0.15, 0.2) is 4.80 Å². The number of hydrogen-bond acceptors (Lipinski definition) is 6. The van der Waals surface area contributed by atoms with Crippen LogP contribution in [0, 0.1) is 0 Å². The summed E-state index contributed by atoms with van der Waals surface area (Å²) in [5.41, 5.74) is 2.32. The predicted molar refractivity (Wildman–Crippen MR) is 128 cm³/mol. The van der Waals surface area contributed by atoms with E-state index in [9.17, 15) is 9.59 Å². The molecule has 1 atom stereocenters. The molecule has 1 aromatic heterocycles. The Hall–Kier alpha value is -2.97. The lowest BCUT2D eigenvalue weighted by molar-refractivity contribution is -0.139. The van der Waals surface area contributed by atoms with Gasteiger partial charge in [-0.05, 0) is 55.3 Å². The van der Waals surface area contributed by atoms with E-state index in [-0.39, 0.29) is 12.2 Å². The number of allylic oxidation sites excluding steroid dienone is 1. The average Bonchev–Trinajstić information content (AvgIpc) is 3.09. The van der Waals surface area contributed by atoms with Crippen LogP contribution in [-0.4, -0.2) is 24.3 Å². The summed E-state index contributed by atoms with van der Waals surface area (Å²) in [5.74, 6) is 0.154. The van der Waals surface area contributed by atoms with Crippen molar-refractivity contribution in [2.45, 2.75) is 19.9 Å². The summed E-state index contributed by atoms with van der Waals surface area (Å²) in [4.78, 5) is 31.6. The van der Waals surface area contributed by atoms with Crippen LogP contribution in [0.5, 0.6) is 5.75 Å². The van der Waals surface area contributed by atoms with E-state index in [0.29, 0.717) is 26.4 Å². The molecule has 0 N–H and O–H groups in total. The lowest BCUT2D eigenvalue weighted by Gasteiger charge is -2.25. The monoisotopic (exact) mass is 512 g/mol. The maximum absolute atomic E-state index is 13.5. The number of esters is 1. The van der Waals surface area contributed by atoms with E-state index in [1.54, 1.807) is 25.5 Å². The number of carbonyl (C=O) groups is 1. The molecule has 164 valence electrons. The van der Waals surface area contributed by atoms with Gasteiger partial charge in [0, 0.05) is 4.47 Å². The first kappa shape index (κ1) is 22.2. The van der Waals surface area contributed by atoms with Crippen LogP contribution in [0.15, 0.2) is 74.1 Å². The Bertz CT molecular complexity index is 1390. The van der Waals surface area contributed by atoms with Gasteiger partial charge in [-0.2, -0.15) is 0 Å². The number of fused-ring (bicyclic) bond motifs is 1. The van der Waals surface area contributed by atoms with Gasteiger partial charge in [-0.1, -0.05) is 51.5 Å². The van der Waals surface area contributed by atoms with E-state index in [0.717, 1.165) is 15.6 Å². The van der Waals surface area contributed by atoms with E-state index in [4.69, 9.17) is 9.47 Å². The summed E-state index contributed by atoms with van der Waals surface area (Å²) < 4.78 is 13.8. The fourth-order valence-corrected chi connectivity index (χ4v) is 4.94. The molecule has 0 radical (unpaired) electrons. The fraction of sp³-hybridized carbons (Fsp3) is 0.208. The molecule has 0 saturated carbocycles. The number of rotatable bonds is 5. The van der Waals surface area contributed by atoms with Gasteiger partial charge in [-0.25, -0.2) is 9.79 Å². The second kappa shape index (κ2) is 9.26. The Morgan fingerprint density at radius 1 is 1.25 bits per heavy atom. The minimum atomic E-state index is -0.660. The average molecular weight is 513 g/mol. The third kappa shape index (κ3) is 4.20. The molecule has 2 aromatic carbocycles. The van der Waals surface area contributed by atoms with Crippen LogP contribution in [0.2, 0.25) is 0 Å². The lowest BCUT2D eigenvalue weighted by atomic mass is 9.95. The Balaban J connectivity index is 1.96. The van der Waals surface area contributed by atoms with E-state index in [2.05, 4.69) is 20.9 Å². The summed E-state index contributed by atoms with van der Waals surface area (Å²) in [6.07, 6.45) is 1.84. The molecule has 0 fully saturated rings. The lowest BCUT2D eigenvalue weighted by Crippen LogP contribution is -2.39. The number of aromatic nitrogens is 1. The highest BCUT2D eigenvalue weighted by atomic mass is 79.9. The van der Waals surface area contributed by atoms with Crippen LogP contribution in [0.4, 0.5) is 0 Å². The van der Waals surface area contributed by atoms with Gasteiger partial charge >= 0.3 is 5.97 Å². The van der Waals surface area contributed by atoms with Crippen molar-refractivity contribution in [3.8, 4) is 5.75 Å². The maximum Gasteiger partial charge on any atom is 0.338 e. The van der Waals surface area contributed by atoms with Crippen LogP contribution in [0.1, 0.15) is 31.0 Å². The van der Waals surface area contributed by atoms with Crippen molar-refractivity contribution in [2.75, 3.05) is 13.7 Å². The first-order valence-electron chi connectivity index (χ1n) is 10.0. The van der Waals surface area contributed by atoms with Crippen LogP contribution in [-0.2, 0) is 9.53 Å². The SMILES string of the molecule is CCOC(=O)C1=C(C)N=c2s/c(=C/c3ccc(Br)cc3)c(=O)n2[C@H]1c1cccc(OC)c1. The zero-order chi connectivity index (χ0) is 22.8. The minimum Gasteiger partial charge on any atom is -0.497 e. The fourth-order valence-electron chi connectivity index (χ4n) is 3.63. The van der Waals surface area contributed by atoms with Crippen molar-refractivity contribution in [2.24, 2.45) is 4.99 Å². The topological polar surface area (TPSA) is 69.9 Å². The summed E-state index contributed by atoms with van der Waals surface area (Å²) in [7, 11) is 1.58. The number of hydrogen-bond donors (Lipinski definition) is 0. The molecular weight excluding hydrogens is 492 g/mol. The Morgan fingerprint density at radius 3 is 2.69 bits per heavy atom. The van der Waals surface area contributed by atoms with E-state index < -0.39 is 12.0 Å². The second-order valence-corrected chi connectivity index (χ2v) is 9.06. The molecule has 0 saturated heterocycles. The highest BCUT2D eigenvalue weighted by Gasteiger charge is 2.33. The molecule has 2 heterocycles. The molecule has 6 nitrogen and oxygen atoms in total. The summed E-state index contributed by atoms with van der Waals surface area (Å²) in [5, 5.41) is 0. The molecule has 0 unspecified atom stereocenters. The Labute approximate surface area is 197 Å². The number of benzene rings is 2. The highest BCUT2D eigenvalue weighted by Crippen LogP contribution is 2.32. The van der Waals surface area contributed by atoms with E-state index >= 15 is 0 Å². The third-order valence-electron chi connectivity index (χ3n) is 5.09. The first-order valence-corrected chi connectivity index (χ1v) is 11.6. The van der Waals surface area contributed by atoms with Crippen molar-refractivity contribution < 1.29 is 14.3 Å². The van der Waals surface area contributed by atoms with Gasteiger partial charge in [0.2, 0.25) is 0 Å². The number of thiazole rings is 1. The molecule has 1 aliphatic heterocycles. The van der Waals surface area contributed by atoms with E-state index in [1.807, 2.05) is 54.6 Å². The quantitative estimate of drug-likeness (QED) is 0.490. The number of halogens is 1. The maximum atomic E-state index is 13.5. The highest BCUT2D eigenvalue weighted by molar-refractivity contribution is 9.10. The van der Waals surface area contributed by atoms with Gasteiger partial charge < -0.3 is 9.47 Å². The largest absolute Gasteiger partial charge is 0.497 e. The smallest absolute Gasteiger partial charge is 0.338 e. The molecular formula is C24H21BrN2O4S. The number of ether oxygens (including phenoxy) is 2. The molecule has 0 aliphatic carbocycles.